The number of aromatic nitrogens is 2. The fraction of sp³-hybridized carbons (Fsp3) is 0.600. The van der Waals surface area contributed by atoms with Crippen LogP contribution in [0, 0.1) is 0 Å². The molecule has 8 heteroatoms. The first kappa shape index (κ1) is 15.5. The van der Waals surface area contributed by atoms with E-state index in [0.717, 1.165) is 18.7 Å². The Hall–Kier alpha value is -2.38. The fourth-order valence-corrected chi connectivity index (χ4v) is 2.91. The molecule has 1 aromatic heterocycles. The van der Waals surface area contributed by atoms with E-state index in [2.05, 4.69) is 25.5 Å². The number of hydrogen-bond donors (Lipinski definition) is 2. The van der Waals surface area contributed by atoms with Crippen molar-refractivity contribution in [3.63, 3.8) is 0 Å². The van der Waals surface area contributed by atoms with E-state index in [4.69, 9.17) is 0 Å². The molecule has 124 valence electrons. The van der Waals surface area contributed by atoms with Gasteiger partial charge in [0.2, 0.25) is 5.91 Å². The predicted octanol–water partition coefficient (Wildman–Crippen LogP) is -0.0231. The summed E-state index contributed by atoms with van der Waals surface area (Å²) in [6, 6.07) is -0.575. The largest absolute Gasteiger partial charge is 0.354 e. The van der Waals surface area contributed by atoms with E-state index in [0.29, 0.717) is 39.1 Å². The van der Waals surface area contributed by atoms with Crippen molar-refractivity contribution in [2.75, 3.05) is 37.6 Å². The summed E-state index contributed by atoms with van der Waals surface area (Å²) in [5, 5.41) is 5.70. The van der Waals surface area contributed by atoms with Crippen LogP contribution in [0.2, 0.25) is 0 Å². The molecule has 3 amide bonds. The van der Waals surface area contributed by atoms with Crippen LogP contribution in [-0.2, 0) is 4.79 Å². The minimum atomic E-state index is -0.414. The van der Waals surface area contributed by atoms with Crippen molar-refractivity contribution in [2.24, 2.45) is 0 Å². The number of anilines is 1. The molecule has 3 rings (SSSR count). The first-order valence-electron chi connectivity index (χ1n) is 8.08. The fourth-order valence-electron chi connectivity index (χ4n) is 2.91. The molecule has 2 fully saturated rings. The number of carbonyl (C=O) groups excluding carboxylic acids is 2. The average Bonchev–Trinajstić information content (AvgIpc) is 2.80. The van der Waals surface area contributed by atoms with Crippen molar-refractivity contribution in [2.45, 2.75) is 25.3 Å². The Bertz CT molecular complexity index is 544. The van der Waals surface area contributed by atoms with Crippen molar-refractivity contribution in [3.05, 3.63) is 18.6 Å². The third-order valence-electron chi connectivity index (χ3n) is 4.27. The van der Waals surface area contributed by atoms with Gasteiger partial charge in [0, 0.05) is 45.1 Å². The standard InChI is InChI=1S/C15H22N6O2/c22-14-12(3-1-2-4-18-14)19-15(23)21-9-7-20(8-10-21)13-11-16-5-6-17-13/h5-6,11-12H,1-4,7-10H2,(H,18,22)(H,19,23)/t12-/m0/s1. The molecule has 0 aromatic carbocycles. The lowest BCUT2D eigenvalue weighted by Gasteiger charge is -2.35. The second-order valence-electron chi connectivity index (χ2n) is 5.83. The van der Waals surface area contributed by atoms with E-state index in [1.807, 2.05) is 0 Å². The predicted molar refractivity (Wildman–Crippen MR) is 85.0 cm³/mol. The van der Waals surface area contributed by atoms with Crippen LogP contribution in [0.1, 0.15) is 19.3 Å². The minimum Gasteiger partial charge on any atom is -0.354 e. The van der Waals surface area contributed by atoms with E-state index >= 15 is 0 Å². The maximum absolute atomic E-state index is 12.4. The number of nitrogens with zero attached hydrogens (tertiary/aromatic N) is 4. The molecule has 8 nitrogen and oxygen atoms in total. The zero-order valence-corrected chi connectivity index (χ0v) is 13.1. The van der Waals surface area contributed by atoms with Gasteiger partial charge in [-0.25, -0.2) is 9.78 Å². The third-order valence-corrected chi connectivity index (χ3v) is 4.27. The maximum atomic E-state index is 12.4. The second-order valence-corrected chi connectivity index (χ2v) is 5.83. The zero-order chi connectivity index (χ0) is 16.1. The summed E-state index contributed by atoms with van der Waals surface area (Å²) < 4.78 is 0. The van der Waals surface area contributed by atoms with Crippen molar-refractivity contribution >= 4 is 17.8 Å². The van der Waals surface area contributed by atoms with Crippen LogP contribution in [-0.4, -0.2) is 65.6 Å². The van der Waals surface area contributed by atoms with Gasteiger partial charge in [-0.3, -0.25) is 9.78 Å². The van der Waals surface area contributed by atoms with Crippen LogP contribution in [0.15, 0.2) is 18.6 Å². The molecule has 2 saturated heterocycles. The summed E-state index contributed by atoms with van der Waals surface area (Å²) >= 11 is 0. The smallest absolute Gasteiger partial charge is 0.318 e. The quantitative estimate of drug-likeness (QED) is 0.799. The number of urea groups is 1. The average molecular weight is 318 g/mol. The highest BCUT2D eigenvalue weighted by Crippen LogP contribution is 2.12. The molecule has 0 bridgehead atoms. The van der Waals surface area contributed by atoms with Crippen LogP contribution in [0.4, 0.5) is 10.6 Å². The Labute approximate surface area is 135 Å². The van der Waals surface area contributed by atoms with Crippen molar-refractivity contribution in [3.8, 4) is 0 Å². The van der Waals surface area contributed by atoms with Crippen LogP contribution in [0.25, 0.3) is 0 Å². The van der Waals surface area contributed by atoms with E-state index < -0.39 is 6.04 Å². The highest BCUT2D eigenvalue weighted by atomic mass is 16.2. The second kappa shape index (κ2) is 7.26. The van der Waals surface area contributed by atoms with E-state index in [-0.39, 0.29) is 11.9 Å². The summed E-state index contributed by atoms with van der Waals surface area (Å²) in [4.78, 5) is 36.5. The molecule has 0 unspecified atom stereocenters. The summed E-state index contributed by atoms with van der Waals surface area (Å²) in [6.45, 7) is 3.33. The molecule has 23 heavy (non-hydrogen) atoms. The Morgan fingerprint density at radius 1 is 1.22 bits per heavy atom. The highest BCUT2D eigenvalue weighted by Gasteiger charge is 2.27. The Balaban J connectivity index is 1.51. The molecule has 0 spiro atoms. The summed E-state index contributed by atoms with van der Waals surface area (Å²) in [5.41, 5.74) is 0. The Morgan fingerprint density at radius 3 is 2.78 bits per heavy atom. The Morgan fingerprint density at radius 2 is 2.04 bits per heavy atom. The lowest BCUT2D eigenvalue weighted by atomic mass is 10.1. The molecule has 3 heterocycles. The Kier molecular flexibility index (Phi) is 4.89. The molecule has 2 N–H and O–H groups in total. The SMILES string of the molecule is O=C1NCCCC[C@@H]1NC(=O)N1CCN(c2cnccn2)CC1. The van der Waals surface area contributed by atoms with Gasteiger partial charge in [0.1, 0.15) is 11.9 Å². The molecule has 2 aliphatic heterocycles. The molecule has 2 aliphatic rings. The van der Waals surface area contributed by atoms with Gasteiger partial charge in [-0.05, 0) is 19.3 Å². The molecule has 0 radical (unpaired) electrons. The molecular weight excluding hydrogens is 296 g/mol. The topological polar surface area (TPSA) is 90.5 Å². The summed E-state index contributed by atoms with van der Waals surface area (Å²) in [5.74, 6) is 0.754. The lowest BCUT2D eigenvalue weighted by Crippen LogP contribution is -2.55. The van der Waals surface area contributed by atoms with Crippen molar-refractivity contribution in [1.29, 1.82) is 0 Å². The highest BCUT2D eigenvalue weighted by molar-refractivity contribution is 5.87. The van der Waals surface area contributed by atoms with Gasteiger partial charge in [-0.2, -0.15) is 0 Å². The van der Waals surface area contributed by atoms with Crippen LogP contribution in [0.5, 0.6) is 0 Å². The van der Waals surface area contributed by atoms with Crippen LogP contribution in [0.3, 0.4) is 0 Å². The van der Waals surface area contributed by atoms with Gasteiger partial charge in [-0.1, -0.05) is 0 Å². The monoisotopic (exact) mass is 318 g/mol. The van der Waals surface area contributed by atoms with Gasteiger partial charge in [0.15, 0.2) is 0 Å². The van der Waals surface area contributed by atoms with Gasteiger partial charge in [0.25, 0.3) is 0 Å². The first-order chi connectivity index (χ1) is 11.2. The number of hydrogen-bond acceptors (Lipinski definition) is 5. The molecule has 0 aliphatic carbocycles. The zero-order valence-electron chi connectivity index (χ0n) is 13.1. The minimum absolute atomic E-state index is 0.0750. The van der Waals surface area contributed by atoms with E-state index in [1.165, 1.54) is 0 Å². The summed E-state index contributed by atoms with van der Waals surface area (Å²) in [7, 11) is 0. The lowest BCUT2D eigenvalue weighted by molar-refractivity contribution is -0.122. The van der Waals surface area contributed by atoms with E-state index in [9.17, 15) is 9.59 Å². The number of rotatable bonds is 2. The molecule has 1 atom stereocenters. The number of nitrogens with one attached hydrogen (secondary N) is 2. The molecule has 1 aromatic rings. The summed E-state index contributed by atoms with van der Waals surface area (Å²) in [6.07, 6.45) is 7.66. The molecular formula is C15H22N6O2. The van der Waals surface area contributed by atoms with Crippen molar-refractivity contribution < 1.29 is 9.59 Å². The van der Waals surface area contributed by atoms with Crippen molar-refractivity contribution in [1.82, 2.24) is 25.5 Å². The number of amides is 3. The van der Waals surface area contributed by atoms with Gasteiger partial charge < -0.3 is 20.4 Å². The number of carbonyl (C=O) groups is 2. The van der Waals surface area contributed by atoms with Gasteiger partial charge in [0.05, 0.1) is 6.20 Å². The molecule has 0 saturated carbocycles. The number of piperazine rings is 1. The van der Waals surface area contributed by atoms with Gasteiger partial charge in [-0.15, -0.1) is 0 Å². The van der Waals surface area contributed by atoms with E-state index in [1.54, 1.807) is 23.5 Å². The first-order valence-corrected chi connectivity index (χ1v) is 8.08. The van der Waals surface area contributed by atoms with Crippen LogP contribution >= 0.6 is 0 Å². The third kappa shape index (κ3) is 3.88. The normalized spacial score (nSPS) is 22.3. The van der Waals surface area contributed by atoms with Crippen LogP contribution < -0.4 is 15.5 Å². The van der Waals surface area contributed by atoms with Gasteiger partial charge >= 0.3 is 6.03 Å². The maximum Gasteiger partial charge on any atom is 0.318 e.